The van der Waals surface area contributed by atoms with Crippen LogP contribution >= 0.6 is 0 Å². The number of rotatable bonds is 2. The van der Waals surface area contributed by atoms with E-state index in [4.69, 9.17) is 10.2 Å². The highest BCUT2D eigenvalue weighted by atomic mass is 16.4. The first-order valence-electron chi connectivity index (χ1n) is 3.09. The van der Waals surface area contributed by atoms with E-state index in [0.717, 1.165) is 0 Å². The highest BCUT2D eigenvalue weighted by Crippen LogP contribution is 1.83. The Morgan fingerprint density at radius 1 is 0.833 bits per heavy atom. The van der Waals surface area contributed by atoms with E-state index in [1.165, 1.54) is 0 Å². The van der Waals surface area contributed by atoms with Crippen LogP contribution in [0, 0.1) is 0 Å². The molecular weight excluding hydrogens is 168 g/mol. The highest BCUT2D eigenvalue weighted by molar-refractivity contribution is 5.75. The molecule has 1 rings (SSSR count). The van der Waals surface area contributed by atoms with Crippen molar-refractivity contribution in [3.8, 4) is 0 Å². The molecule has 8 heteroatoms. The van der Waals surface area contributed by atoms with Crippen molar-refractivity contribution in [3.05, 3.63) is 0 Å². The molecule has 6 N–H and O–H groups in total. The zero-order chi connectivity index (χ0) is 9.14. The summed E-state index contributed by atoms with van der Waals surface area (Å²) in [6.07, 6.45) is -2.08. The number of carboxylic acids is 2. The molecule has 0 aliphatic carbocycles. The van der Waals surface area contributed by atoms with Crippen LogP contribution in [-0.4, -0.2) is 34.5 Å². The van der Waals surface area contributed by atoms with Gasteiger partial charge in [-0.2, -0.15) is 0 Å². The van der Waals surface area contributed by atoms with Crippen LogP contribution in [0.2, 0.25) is 0 Å². The fourth-order valence-corrected chi connectivity index (χ4v) is 0.652. The van der Waals surface area contributed by atoms with Crippen LogP contribution in [0.1, 0.15) is 0 Å². The Hall–Kier alpha value is -1.22. The van der Waals surface area contributed by atoms with Gasteiger partial charge in [0.25, 0.3) is 0 Å². The largest absolute Gasteiger partial charge is 0.479 e. The van der Waals surface area contributed by atoms with Gasteiger partial charge in [0, 0.05) is 0 Å². The van der Waals surface area contributed by atoms with Gasteiger partial charge in [-0.15, -0.1) is 0 Å². The van der Waals surface area contributed by atoms with Crippen LogP contribution in [0.15, 0.2) is 0 Å². The number of hydrazine groups is 2. The lowest BCUT2D eigenvalue weighted by atomic mass is 10.5. The molecule has 0 aromatic heterocycles. The summed E-state index contributed by atoms with van der Waals surface area (Å²) >= 11 is 0. The maximum absolute atomic E-state index is 10.3. The fraction of sp³-hybridized carbons (Fsp3) is 0.500. The van der Waals surface area contributed by atoms with Crippen molar-refractivity contribution in [1.29, 1.82) is 0 Å². The smallest absolute Gasteiger partial charge is 0.338 e. The Morgan fingerprint density at radius 3 is 1.25 bits per heavy atom. The molecular formula is C4H8N4O4. The highest BCUT2D eigenvalue weighted by Gasteiger charge is 2.27. The third kappa shape index (κ3) is 1.89. The standard InChI is InChI=1S/C4H8N4O4/c9-3(10)1-5-7-2(4(11)12)8-6-1/h1-2,5-8H,(H,9,10)(H,11,12). The summed E-state index contributed by atoms with van der Waals surface area (Å²) in [5.74, 6) is -2.28. The molecule has 0 aromatic rings. The molecule has 0 amide bonds. The zero-order valence-corrected chi connectivity index (χ0v) is 5.87. The normalized spacial score (nSPS) is 29.7. The second-order valence-electron chi connectivity index (χ2n) is 2.12. The van der Waals surface area contributed by atoms with E-state index < -0.39 is 24.3 Å². The van der Waals surface area contributed by atoms with Crippen LogP contribution in [0.3, 0.4) is 0 Å². The predicted molar refractivity (Wildman–Crippen MR) is 35.4 cm³/mol. The van der Waals surface area contributed by atoms with Crippen molar-refractivity contribution in [2.75, 3.05) is 0 Å². The lowest BCUT2D eigenvalue weighted by Crippen LogP contribution is -2.72. The van der Waals surface area contributed by atoms with E-state index in [1.807, 2.05) is 0 Å². The maximum atomic E-state index is 10.3. The van der Waals surface area contributed by atoms with Crippen molar-refractivity contribution < 1.29 is 19.8 Å². The molecule has 68 valence electrons. The molecule has 0 atom stereocenters. The summed E-state index contributed by atoms with van der Waals surface area (Å²) < 4.78 is 0. The first kappa shape index (κ1) is 8.87. The molecule has 1 saturated heterocycles. The number of carboxylic acid groups (broad SMARTS) is 2. The minimum absolute atomic E-state index is 1.04. The van der Waals surface area contributed by atoms with Crippen molar-refractivity contribution >= 4 is 11.9 Å². The van der Waals surface area contributed by atoms with Crippen molar-refractivity contribution in [2.24, 2.45) is 0 Å². The first-order valence-corrected chi connectivity index (χ1v) is 3.09. The molecule has 12 heavy (non-hydrogen) atoms. The van der Waals surface area contributed by atoms with E-state index in [1.54, 1.807) is 0 Å². The Kier molecular flexibility index (Phi) is 2.55. The van der Waals surface area contributed by atoms with E-state index in [2.05, 4.69) is 21.7 Å². The molecule has 0 radical (unpaired) electrons. The Balaban J connectivity index is 2.39. The summed E-state index contributed by atoms with van der Waals surface area (Å²) in [5, 5.41) is 16.8. The quantitative estimate of drug-likeness (QED) is 0.263. The topological polar surface area (TPSA) is 123 Å². The van der Waals surface area contributed by atoms with Gasteiger partial charge in [-0.3, -0.25) is 0 Å². The van der Waals surface area contributed by atoms with Gasteiger partial charge in [0.05, 0.1) is 0 Å². The van der Waals surface area contributed by atoms with Crippen LogP contribution in [0.4, 0.5) is 0 Å². The lowest BCUT2D eigenvalue weighted by Gasteiger charge is -2.28. The molecule has 0 aromatic carbocycles. The Bertz CT molecular complexity index is 177. The SMILES string of the molecule is O=C(O)C1NNC(C(=O)O)NN1. The van der Waals surface area contributed by atoms with Crippen molar-refractivity contribution in [1.82, 2.24) is 21.7 Å². The molecule has 0 unspecified atom stereocenters. The van der Waals surface area contributed by atoms with Gasteiger partial charge in [0.1, 0.15) is 0 Å². The zero-order valence-electron chi connectivity index (χ0n) is 5.87. The fourth-order valence-electron chi connectivity index (χ4n) is 0.652. The van der Waals surface area contributed by atoms with Gasteiger partial charge in [-0.05, 0) is 0 Å². The van der Waals surface area contributed by atoms with Crippen LogP contribution in [-0.2, 0) is 9.59 Å². The molecule has 1 fully saturated rings. The number of nitrogens with one attached hydrogen (secondary N) is 4. The van der Waals surface area contributed by atoms with Crippen LogP contribution < -0.4 is 21.7 Å². The minimum Gasteiger partial charge on any atom is -0.479 e. The number of aliphatic carboxylic acids is 2. The van der Waals surface area contributed by atoms with Crippen LogP contribution in [0.5, 0.6) is 0 Å². The summed E-state index contributed by atoms with van der Waals surface area (Å²) in [5.41, 5.74) is 8.98. The molecule has 0 saturated carbocycles. The van der Waals surface area contributed by atoms with Gasteiger partial charge >= 0.3 is 11.9 Å². The third-order valence-electron chi connectivity index (χ3n) is 1.24. The minimum atomic E-state index is -1.14. The van der Waals surface area contributed by atoms with Gasteiger partial charge in [0.15, 0.2) is 12.3 Å². The number of carbonyl (C=O) groups is 2. The van der Waals surface area contributed by atoms with E-state index in [9.17, 15) is 9.59 Å². The van der Waals surface area contributed by atoms with Crippen molar-refractivity contribution in [3.63, 3.8) is 0 Å². The van der Waals surface area contributed by atoms with Crippen LogP contribution in [0.25, 0.3) is 0 Å². The second-order valence-corrected chi connectivity index (χ2v) is 2.12. The molecule has 1 aliphatic rings. The van der Waals surface area contributed by atoms with Gasteiger partial charge in [-0.1, -0.05) is 0 Å². The summed E-state index contributed by atoms with van der Waals surface area (Å²) in [6, 6.07) is 0. The molecule has 1 heterocycles. The second kappa shape index (κ2) is 3.45. The summed E-state index contributed by atoms with van der Waals surface area (Å²) in [4.78, 5) is 20.6. The number of hydrogen-bond donors (Lipinski definition) is 6. The van der Waals surface area contributed by atoms with Gasteiger partial charge < -0.3 is 10.2 Å². The average Bonchev–Trinajstić information content (AvgIpc) is 2.04. The first-order chi connectivity index (χ1) is 5.61. The maximum Gasteiger partial charge on any atom is 0.338 e. The third-order valence-corrected chi connectivity index (χ3v) is 1.24. The average molecular weight is 176 g/mol. The molecule has 0 bridgehead atoms. The number of hydrogen-bond acceptors (Lipinski definition) is 6. The Labute approximate surface area is 66.9 Å². The summed E-state index contributed by atoms with van der Waals surface area (Å²) in [6.45, 7) is 0. The summed E-state index contributed by atoms with van der Waals surface area (Å²) in [7, 11) is 0. The van der Waals surface area contributed by atoms with Gasteiger partial charge in [0.2, 0.25) is 0 Å². The van der Waals surface area contributed by atoms with E-state index in [-0.39, 0.29) is 0 Å². The van der Waals surface area contributed by atoms with Crippen molar-refractivity contribution in [2.45, 2.75) is 12.3 Å². The van der Waals surface area contributed by atoms with E-state index >= 15 is 0 Å². The predicted octanol–water partition coefficient (Wildman–Crippen LogP) is -2.99. The lowest BCUT2D eigenvalue weighted by molar-refractivity contribution is -0.148. The van der Waals surface area contributed by atoms with E-state index in [0.29, 0.717) is 0 Å². The molecule has 1 aliphatic heterocycles. The molecule has 8 nitrogen and oxygen atoms in total. The monoisotopic (exact) mass is 176 g/mol. The van der Waals surface area contributed by atoms with Gasteiger partial charge in [-0.25, -0.2) is 31.3 Å². The Morgan fingerprint density at radius 2 is 1.08 bits per heavy atom. The molecule has 0 spiro atoms.